The van der Waals surface area contributed by atoms with Gasteiger partial charge in [-0.1, -0.05) is 48.9 Å². The van der Waals surface area contributed by atoms with Crippen LogP contribution in [0.15, 0.2) is 60.1 Å². The van der Waals surface area contributed by atoms with Gasteiger partial charge in [-0.3, -0.25) is 0 Å². The van der Waals surface area contributed by atoms with Gasteiger partial charge in [0.05, 0.1) is 35.4 Å². The zero-order valence-corrected chi connectivity index (χ0v) is 21.9. The molecular formula is C28H32N6O2S. The van der Waals surface area contributed by atoms with Crippen LogP contribution in [0.3, 0.4) is 0 Å². The van der Waals surface area contributed by atoms with E-state index in [2.05, 4.69) is 52.2 Å². The molecule has 2 amide bonds. The van der Waals surface area contributed by atoms with Gasteiger partial charge >= 0.3 is 6.03 Å². The van der Waals surface area contributed by atoms with Crippen molar-refractivity contribution in [3.05, 3.63) is 77.1 Å². The molecule has 0 saturated carbocycles. The minimum absolute atomic E-state index is 0.0391. The second-order valence-corrected chi connectivity index (χ2v) is 9.99. The number of ether oxygens (including phenoxy) is 1. The summed E-state index contributed by atoms with van der Waals surface area (Å²) in [4.78, 5) is 18.6. The van der Waals surface area contributed by atoms with Gasteiger partial charge in [-0.25, -0.2) is 14.5 Å². The number of carbonyl (C=O) groups is 1. The van der Waals surface area contributed by atoms with Gasteiger partial charge in [0.25, 0.3) is 0 Å². The SMILES string of the molecule is CCCCc1cn(-c2ccc(-c3nc(CCc4ccccc4)cs3)c(OCCN3CCNC3=O)c2)nn1. The Morgan fingerprint density at radius 2 is 1.97 bits per heavy atom. The zero-order chi connectivity index (χ0) is 25.5. The smallest absolute Gasteiger partial charge is 0.317 e. The van der Waals surface area contributed by atoms with E-state index < -0.39 is 0 Å². The third kappa shape index (κ3) is 6.35. The Morgan fingerprint density at radius 1 is 1.08 bits per heavy atom. The van der Waals surface area contributed by atoms with Gasteiger partial charge in [-0.15, -0.1) is 16.4 Å². The number of unbranched alkanes of at least 4 members (excludes halogenated alkanes) is 1. The van der Waals surface area contributed by atoms with Gasteiger partial charge < -0.3 is 15.0 Å². The van der Waals surface area contributed by atoms with Crippen molar-refractivity contribution >= 4 is 17.4 Å². The minimum atomic E-state index is -0.0391. The van der Waals surface area contributed by atoms with E-state index in [9.17, 15) is 4.79 Å². The molecule has 192 valence electrons. The molecule has 0 radical (unpaired) electrons. The summed E-state index contributed by atoms with van der Waals surface area (Å²) in [6.07, 6.45) is 6.95. The lowest BCUT2D eigenvalue weighted by molar-refractivity contribution is 0.203. The van der Waals surface area contributed by atoms with Crippen molar-refractivity contribution in [1.82, 2.24) is 30.2 Å². The van der Waals surface area contributed by atoms with Crippen LogP contribution in [0.25, 0.3) is 16.3 Å². The van der Waals surface area contributed by atoms with Gasteiger partial charge in [-0.05, 0) is 43.4 Å². The Balaban J connectivity index is 1.35. The van der Waals surface area contributed by atoms with Crippen molar-refractivity contribution in [1.29, 1.82) is 0 Å². The normalized spacial score (nSPS) is 13.2. The number of carbonyl (C=O) groups excluding carboxylic acids is 1. The molecule has 0 spiro atoms. The summed E-state index contributed by atoms with van der Waals surface area (Å²) in [7, 11) is 0. The molecule has 0 bridgehead atoms. The summed E-state index contributed by atoms with van der Waals surface area (Å²) in [6.45, 7) is 4.47. The van der Waals surface area contributed by atoms with Gasteiger partial charge in [0.15, 0.2) is 0 Å². The maximum absolute atomic E-state index is 11.9. The van der Waals surface area contributed by atoms with Crippen LogP contribution in [0.5, 0.6) is 5.75 Å². The first-order chi connectivity index (χ1) is 18.2. The van der Waals surface area contributed by atoms with Crippen LogP contribution in [0.4, 0.5) is 4.79 Å². The highest BCUT2D eigenvalue weighted by molar-refractivity contribution is 7.13. The maximum Gasteiger partial charge on any atom is 0.317 e. The van der Waals surface area contributed by atoms with E-state index in [0.29, 0.717) is 26.2 Å². The van der Waals surface area contributed by atoms with Crippen molar-refractivity contribution in [2.45, 2.75) is 39.0 Å². The lowest BCUT2D eigenvalue weighted by Gasteiger charge is -2.16. The fraction of sp³-hybridized carbons (Fsp3) is 0.357. The minimum Gasteiger partial charge on any atom is -0.491 e. The fourth-order valence-electron chi connectivity index (χ4n) is 4.30. The number of urea groups is 1. The molecule has 0 unspecified atom stereocenters. The van der Waals surface area contributed by atoms with Crippen LogP contribution in [-0.4, -0.2) is 57.2 Å². The standard InChI is InChI=1S/C28H32N6O2S/c1-2-3-9-22-19-34(32-31-22)24-12-13-25(26(18-24)36-17-16-33-15-14-29-28(33)35)27-30-23(20-37-27)11-10-21-7-5-4-6-8-21/h4-8,12-13,18-20H,2-3,9-11,14-17H2,1H3,(H,29,35). The van der Waals surface area contributed by atoms with Gasteiger partial charge in [0.1, 0.15) is 17.4 Å². The Labute approximate surface area is 221 Å². The van der Waals surface area contributed by atoms with Crippen LogP contribution >= 0.6 is 11.3 Å². The quantitative estimate of drug-likeness (QED) is 0.289. The topological polar surface area (TPSA) is 85.2 Å². The second-order valence-electron chi connectivity index (χ2n) is 9.14. The van der Waals surface area contributed by atoms with E-state index >= 15 is 0 Å². The lowest BCUT2D eigenvalue weighted by atomic mass is 10.1. The van der Waals surface area contributed by atoms with E-state index in [4.69, 9.17) is 9.72 Å². The molecule has 2 aromatic carbocycles. The number of nitrogens with one attached hydrogen (secondary N) is 1. The molecule has 9 heteroatoms. The Morgan fingerprint density at radius 3 is 2.78 bits per heavy atom. The predicted octanol–water partition coefficient (Wildman–Crippen LogP) is 4.92. The summed E-state index contributed by atoms with van der Waals surface area (Å²) in [5.74, 6) is 0.728. The average molecular weight is 517 g/mol. The van der Waals surface area contributed by atoms with Crippen molar-refractivity contribution in [3.63, 3.8) is 0 Å². The molecule has 1 fully saturated rings. The largest absolute Gasteiger partial charge is 0.491 e. The monoisotopic (exact) mass is 516 g/mol. The first kappa shape index (κ1) is 25.0. The summed E-state index contributed by atoms with van der Waals surface area (Å²) in [5.41, 5.74) is 5.19. The van der Waals surface area contributed by atoms with Gasteiger partial charge in [0.2, 0.25) is 0 Å². The summed E-state index contributed by atoms with van der Waals surface area (Å²) in [5, 5.41) is 14.5. The number of nitrogens with zero attached hydrogens (tertiary/aromatic N) is 5. The first-order valence-corrected chi connectivity index (χ1v) is 13.8. The Hall–Kier alpha value is -3.72. The summed E-state index contributed by atoms with van der Waals surface area (Å²) < 4.78 is 8.05. The molecule has 1 aliphatic heterocycles. The van der Waals surface area contributed by atoms with E-state index in [-0.39, 0.29) is 6.03 Å². The van der Waals surface area contributed by atoms with Crippen molar-refractivity contribution in [2.75, 3.05) is 26.2 Å². The average Bonchev–Trinajstić information content (AvgIpc) is 3.69. The number of benzene rings is 2. The molecule has 1 saturated heterocycles. The maximum atomic E-state index is 11.9. The highest BCUT2D eigenvalue weighted by atomic mass is 32.1. The zero-order valence-electron chi connectivity index (χ0n) is 21.1. The van der Waals surface area contributed by atoms with E-state index in [0.717, 1.165) is 65.5 Å². The highest BCUT2D eigenvalue weighted by Crippen LogP contribution is 2.34. The molecule has 8 nitrogen and oxygen atoms in total. The molecular weight excluding hydrogens is 484 g/mol. The van der Waals surface area contributed by atoms with Gasteiger partial charge in [0, 0.05) is 24.5 Å². The van der Waals surface area contributed by atoms with Crippen LogP contribution < -0.4 is 10.1 Å². The van der Waals surface area contributed by atoms with Gasteiger partial charge in [-0.2, -0.15) is 0 Å². The van der Waals surface area contributed by atoms with Crippen molar-refractivity contribution < 1.29 is 9.53 Å². The number of hydrogen-bond donors (Lipinski definition) is 1. The van der Waals surface area contributed by atoms with Crippen LogP contribution in [0.1, 0.15) is 36.7 Å². The van der Waals surface area contributed by atoms with E-state index in [1.807, 2.05) is 30.5 Å². The Kier molecular flexibility index (Phi) is 8.10. The van der Waals surface area contributed by atoms with E-state index in [1.54, 1.807) is 20.9 Å². The molecule has 0 aliphatic carbocycles. The molecule has 0 atom stereocenters. The number of aromatic nitrogens is 4. The second kappa shape index (κ2) is 12.0. The lowest BCUT2D eigenvalue weighted by Crippen LogP contribution is -2.31. The summed E-state index contributed by atoms with van der Waals surface area (Å²) in [6, 6.07) is 16.5. The molecule has 37 heavy (non-hydrogen) atoms. The number of hydrogen-bond acceptors (Lipinski definition) is 6. The third-order valence-electron chi connectivity index (χ3n) is 6.42. The molecule has 1 aliphatic rings. The van der Waals surface area contributed by atoms with E-state index in [1.165, 1.54) is 5.56 Å². The van der Waals surface area contributed by atoms with Crippen molar-refractivity contribution in [3.8, 4) is 22.0 Å². The Bertz CT molecular complexity index is 1320. The molecule has 2 aromatic heterocycles. The molecule has 3 heterocycles. The molecule has 1 N–H and O–H groups in total. The summed E-state index contributed by atoms with van der Waals surface area (Å²) >= 11 is 1.63. The highest BCUT2D eigenvalue weighted by Gasteiger charge is 2.20. The number of thiazole rings is 1. The van der Waals surface area contributed by atoms with Crippen LogP contribution in [0, 0.1) is 0 Å². The fourth-order valence-corrected chi connectivity index (χ4v) is 5.18. The number of rotatable bonds is 12. The molecule has 4 aromatic rings. The van der Waals surface area contributed by atoms with Crippen molar-refractivity contribution in [2.24, 2.45) is 0 Å². The number of amides is 2. The molecule has 5 rings (SSSR count). The number of aryl methyl sites for hydroxylation is 3. The van der Waals surface area contributed by atoms with Crippen LogP contribution in [0.2, 0.25) is 0 Å². The van der Waals surface area contributed by atoms with Crippen LogP contribution in [-0.2, 0) is 19.3 Å². The third-order valence-corrected chi connectivity index (χ3v) is 7.34. The first-order valence-electron chi connectivity index (χ1n) is 12.9. The predicted molar refractivity (Wildman–Crippen MR) is 145 cm³/mol.